The third-order valence-electron chi connectivity index (χ3n) is 5.58. The first-order chi connectivity index (χ1) is 13.2. The Morgan fingerprint density at radius 3 is 2.81 bits per heavy atom. The summed E-state index contributed by atoms with van der Waals surface area (Å²) in [5, 5.41) is 20.3. The Bertz CT molecular complexity index is 1170. The van der Waals surface area contributed by atoms with Gasteiger partial charge >= 0.3 is 0 Å². The highest BCUT2D eigenvalue weighted by Gasteiger charge is 2.27. The molecule has 1 fully saturated rings. The molecule has 134 valence electrons. The molecule has 0 amide bonds. The average molecular weight is 357 g/mol. The molecule has 0 bridgehead atoms. The third-order valence-corrected chi connectivity index (χ3v) is 5.58. The van der Waals surface area contributed by atoms with Gasteiger partial charge in [-0.15, -0.1) is 0 Å². The van der Waals surface area contributed by atoms with Gasteiger partial charge in [0.15, 0.2) is 0 Å². The number of rotatable bonds is 2. The van der Waals surface area contributed by atoms with Crippen molar-refractivity contribution in [2.45, 2.75) is 31.7 Å². The molecule has 5 rings (SSSR count). The molecule has 0 unspecified atom stereocenters. The van der Waals surface area contributed by atoms with Gasteiger partial charge in [-0.3, -0.25) is 0 Å². The number of benzene rings is 1. The second-order valence-electron chi connectivity index (χ2n) is 7.22. The first kappa shape index (κ1) is 15.9. The first-order valence-corrected chi connectivity index (χ1v) is 9.27. The van der Waals surface area contributed by atoms with Crippen molar-refractivity contribution in [1.29, 1.82) is 5.26 Å². The van der Waals surface area contributed by atoms with E-state index in [1.54, 1.807) is 18.3 Å². The van der Waals surface area contributed by atoms with E-state index in [9.17, 15) is 10.4 Å². The van der Waals surface area contributed by atoms with Crippen LogP contribution in [0.15, 0.2) is 42.7 Å². The molecule has 0 saturated heterocycles. The highest BCUT2D eigenvalue weighted by molar-refractivity contribution is 6.02. The molecule has 1 aliphatic rings. The number of H-pyrrole nitrogens is 1. The zero-order valence-corrected chi connectivity index (χ0v) is 14.8. The van der Waals surface area contributed by atoms with Crippen LogP contribution in [0.25, 0.3) is 33.5 Å². The number of imidazole rings is 1. The monoisotopic (exact) mass is 357 g/mol. The summed E-state index contributed by atoms with van der Waals surface area (Å²) in [7, 11) is 0. The second kappa shape index (κ2) is 6.13. The average Bonchev–Trinajstić information content (AvgIpc) is 3.32. The van der Waals surface area contributed by atoms with Crippen molar-refractivity contribution in [1.82, 2.24) is 19.5 Å². The summed E-state index contributed by atoms with van der Waals surface area (Å²) in [4.78, 5) is 12.5. The van der Waals surface area contributed by atoms with E-state index in [1.807, 2.05) is 24.4 Å². The van der Waals surface area contributed by atoms with Crippen molar-refractivity contribution >= 4 is 22.1 Å². The van der Waals surface area contributed by atoms with Crippen LogP contribution in [0.2, 0.25) is 0 Å². The van der Waals surface area contributed by atoms with Gasteiger partial charge in [0.1, 0.15) is 22.7 Å². The molecule has 6 heteroatoms. The van der Waals surface area contributed by atoms with E-state index in [4.69, 9.17) is 4.98 Å². The number of nitriles is 1. The highest BCUT2D eigenvalue weighted by Crippen LogP contribution is 2.39. The molecule has 0 radical (unpaired) electrons. The van der Waals surface area contributed by atoms with E-state index < -0.39 is 0 Å². The Kier molecular flexibility index (Phi) is 3.61. The smallest absolute Gasteiger partial charge is 0.141 e. The van der Waals surface area contributed by atoms with Gasteiger partial charge in [0, 0.05) is 29.1 Å². The predicted molar refractivity (Wildman–Crippen MR) is 103 cm³/mol. The number of aromatic nitrogens is 4. The zero-order valence-electron chi connectivity index (χ0n) is 14.8. The van der Waals surface area contributed by atoms with Gasteiger partial charge in [-0.1, -0.05) is 12.1 Å². The summed E-state index contributed by atoms with van der Waals surface area (Å²) in [6.45, 7) is 0. The molecule has 0 aliphatic heterocycles. The normalized spacial score (nSPS) is 20.1. The fourth-order valence-corrected chi connectivity index (χ4v) is 4.26. The van der Waals surface area contributed by atoms with E-state index in [0.29, 0.717) is 0 Å². The van der Waals surface area contributed by atoms with Gasteiger partial charge in [-0.25, -0.2) is 9.97 Å². The molecule has 1 aromatic carbocycles. The summed E-state index contributed by atoms with van der Waals surface area (Å²) in [5.41, 5.74) is 3.65. The van der Waals surface area contributed by atoms with Crippen LogP contribution in [0.5, 0.6) is 5.75 Å². The van der Waals surface area contributed by atoms with E-state index in [0.717, 1.165) is 59.1 Å². The number of nitrogens with one attached hydrogen (secondary N) is 1. The minimum atomic E-state index is 0.147. The van der Waals surface area contributed by atoms with Crippen LogP contribution in [-0.2, 0) is 0 Å². The number of phenolic OH excluding ortho intramolecular Hbond substituents is 1. The molecule has 2 N–H and O–H groups in total. The Hall–Kier alpha value is -3.33. The molecule has 3 heterocycles. The molecule has 1 aliphatic carbocycles. The Morgan fingerprint density at radius 1 is 1.19 bits per heavy atom. The summed E-state index contributed by atoms with van der Waals surface area (Å²) in [5.74, 6) is 1.22. The van der Waals surface area contributed by atoms with E-state index in [1.165, 1.54) is 0 Å². The van der Waals surface area contributed by atoms with Crippen LogP contribution in [0.1, 0.15) is 31.7 Å². The number of aromatic amines is 1. The molecule has 3 aromatic heterocycles. The number of nitrogens with zero attached hydrogens (tertiary/aromatic N) is 4. The van der Waals surface area contributed by atoms with E-state index in [-0.39, 0.29) is 17.7 Å². The molecule has 0 spiro atoms. The summed E-state index contributed by atoms with van der Waals surface area (Å²) >= 11 is 0. The molecular weight excluding hydrogens is 338 g/mol. The number of pyridine rings is 1. The molecular formula is C21H19N5O. The van der Waals surface area contributed by atoms with Crippen molar-refractivity contribution < 1.29 is 5.11 Å². The van der Waals surface area contributed by atoms with Crippen LogP contribution in [0, 0.1) is 17.2 Å². The van der Waals surface area contributed by atoms with Gasteiger partial charge in [-0.05, 0) is 43.9 Å². The van der Waals surface area contributed by atoms with E-state index in [2.05, 4.69) is 20.6 Å². The molecule has 0 atom stereocenters. The highest BCUT2D eigenvalue weighted by atomic mass is 16.3. The van der Waals surface area contributed by atoms with Crippen LogP contribution in [-0.4, -0.2) is 24.6 Å². The van der Waals surface area contributed by atoms with Gasteiger partial charge in [0.05, 0.1) is 17.8 Å². The lowest BCUT2D eigenvalue weighted by atomic mass is 9.86. The minimum absolute atomic E-state index is 0.147. The lowest BCUT2D eigenvalue weighted by molar-refractivity contribution is 0.320. The topological polar surface area (TPSA) is 90.5 Å². The van der Waals surface area contributed by atoms with Crippen molar-refractivity contribution in [3.8, 4) is 23.2 Å². The SMILES string of the molecule is N#CC1CCC(n2c(-c3cccc(O)c3)nc3cnc4[nH]ccc4c32)CC1. The lowest BCUT2D eigenvalue weighted by Gasteiger charge is -2.28. The number of aromatic hydroxyl groups is 1. The van der Waals surface area contributed by atoms with Crippen LogP contribution in [0.4, 0.5) is 0 Å². The fraction of sp³-hybridized carbons (Fsp3) is 0.286. The Morgan fingerprint density at radius 2 is 2.04 bits per heavy atom. The Balaban J connectivity index is 1.75. The standard InChI is InChI=1S/C21H19N5O/c22-11-13-4-6-15(7-5-13)26-19-17-8-9-23-20(17)24-12-18(19)25-21(26)14-2-1-3-16(27)10-14/h1-3,8-10,12-13,15,27H,4-7H2,(H,23,24). The largest absolute Gasteiger partial charge is 0.508 e. The molecule has 27 heavy (non-hydrogen) atoms. The van der Waals surface area contributed by atoms with Crippen molar-refractivity contribution in [2.24, 2.45) is 5.92 Å². The maximum absolute atomic E-state index is 9.97. The molecule has 1 saturated carbocycles. The van der Waals surface area contributed by atoms with Crippen molar-refractivity contribution in [3.05, 3.63) is 42.7 Å². The fourth-order valence-electron chi connectivity index (χ4n) is 4.26. The van der Waals surface area contributed by atoms with E-state index >= 15 is 0 Å². The first-order valence-electron chi connectivity index (χ1n) is 9.27. The van der Waals surface area contributed by atoms with Crippen LogP contribution in [0.3, 0.4) is 0 Å². The lowest BCUT2D eigenvalue weighted by Crippen LogP contribution is -2.18. The summed E-state index contributed by atoms with van der Waals surface area (Å²) in [6, 6.07) is 12.0. The summed E-state index contributed by atoms with van der Waals surface area (Å²) in [6.07, 6.45) is 7.41. The van der Waals surface area contributed by atoms with Crippen LogP contribution < -0.4 is 0 Å². The third kappa shape index (κ3) is 2.55. The number of hydrogen-bond acceptors (Lipinski definition) is 4. The minimum Gasteiger partial charge on any atom is -0.508 e. The van der Waals surface area contributed by atoms with Gasteiger partial charge in [0.25, 0.3) is 0 Å². The van der Waals surface area contributed by atoms with Gasteiger partial charge in [-0.2, -0.15) is 5.26 Å². The number of phenols is 1. The van der Waals surface area contributed by atoms with Gasteiger partial charge < -0.3 is 14.7 Å². The molecule has 6 nitrogen and oxygen atoms in total. The quantitative estimate of drug-likeness (QED) is 0.551. The maximum Gasteiger partial charge on any atom is 0.141 e. The number of fused-ring (bicyclic) bond motifs is 3. The zero-order chi connectivity index (χ0) is 18.4. The summed E-state index contributed by atoms with van der Waals surface area (Å²) < 4.78 is 2.30. The Labute approximate surface area is 156 Å². The predicted octanol–water partition coefficient (Wildman–Crippen LogP) is 4.54. The number of hydrogen-bond donors (Lipinski definition) is 2. The van der Waals surface area contributed by atoms with Crippen LogP contribution >= 0.6 is 0 Å². The molecule has 4 aromatic rings. The van der Waals surface area contributed by atoms with Crippen molar-refractivity contribution in [2.75, 3.05) is 0 Å². The maximum atomic E-state index is 9.97. The van der Waals surface area contributed by atoms with Crippen molar-refractivity contribution in [3.63, 3.8) is 0 Å². The second-order valence-corrected chi connectivity index (χ2v) is 7.22. The van der Waals surface area contributed by atoms with Gasteiger partial charge in [0.2, 0.25) is 0 Å².